The number of hydrogen-bond donors (Lipinski definition) is 1. The molecule has 1 aromatic rings. The van der Waals surface area contributed by atoms with Crippen LogP contribution in [0.5, 0.6) is 0 Å². The van der Waals surface area contributed by atoms with Crippen LogP contribution in [-0.4, -0.2) is 52.6 Å². The van der Waals surface area contributed by atoms with Crippen LogP contribution >= 0.6 is 0 Å². The summed E-state index contributed by atoms with van der Waals surface area (Å²) in [6, 6.07) is 7.16. The Morgan fingerprint density at radius 1 is 1.09 bits per heavy atom. The minimum atomic E-state index is -0.660. The first-order chi connectivity index (χ1) is 15.3. The van der Waals surface area contributed by atoms with Crippen molar-refractivity contribution in [1.29, 1.82) is 0 Å². The number of carbonyl (C=O) groups is 4. The molecule has 7 nitrogen and oxygen atoms in total. The van der Waals surface area contributed by atoms with Crippen LogP contribution in [0.4, 0.5) is 0 Å². The molecule has 0 radical (unpaired) electrons. The van der Waals surface area contributed by atoms with Crippen molar-refractivity contribution in [3.8, 4) is 0 Å². The van der Waals surface area contributed by atoms with Crippen molar-refractivity contribution in [2.45, 2.75) is 59.0 Å². The van der Waals surface area contributed by atoms with Crippen LogP contribution in [0.2, 0.25) is 0 Å². The molecule has 32 heavy (non-hydrogen) atoms. The lowest BCUT2D eigenvalue weighted by atomic mass is 9.85. The number of fused-ring (bicyclic) bond motifs is 1. The summed E-state index contributed by atoms with van der Waals surface area (Å²) >= 11 is 0. The van der Waals surface area contributed by atoms with Crippen molar-refractivity contribution in [3.63, 3.8) is 0 Å². The lowest BCUT2D eigenvalue weighted by Gasteiger charge is -2.29. The van der Waals surface area contributed by atoms with Gasteiger partial charge in [0.15, 0.2) is 0 Å². The Morgan fingerprint density at radius 2 is 1.69 bits per heavy atom. The van der Waals surface area contributed by atoms with Gasteiger partial charge in [-0.05, 0) is 38.7 Å². The molecule has 0 spiro atoms. The molecule has 1 fully saturated rings. The molecule has 3 atom stereocenters. The standard InChI is InChI=1S/C25H33N3O4/c1-4-14-26-23(30)18(3)28(16-19-11-9-17(2)10-12-19)22(29)13-15-27-24(31)20-7-5-6-8-21(20)25(27)32/h5-6,9-12,18,20-21H,4,7-8,13-16H2,1-3H3,(H,26,30)/t18?,20-,21+. The van der Waals surface area contributed by atoms with Crippen LogP contribution in [0.3, 0.4) is 0 Å². The zero-order valence-corrected chi connectivity index (χ0v) is 19.2. The highest BCUT2D eigenvalue weighted by Gasteiger charge is 2.47. The molecule has 1 N–H and O–H groups in total. The van der Waals surface area contributed by atoms with Crippen LogP contribution in [0.15, 0.2) is 36.4 Å². The second-order valence-corrected chi connectivity index (χ2v) is 8.71. The third-order valence-corrected chi connectivity index (χ3v) is 6.34. The SMILES string of the molecule is CCCNC(=O)C(C)N(Cc1ccc(C)cc1)C(=O)CCN1C(=O)[C@H]2CC=CC[C@H]2C1=O. The second kappa shape index (κ2) is 10.6. The molecule has 1 aliphatic heterocycles. The van der Waals surface area contributed by atoms with Gasteiger partial charge in [0.05, 0.1) is 11.8 Å². The average Bonchev–Trinajstić information content (AvgIpc) is 3.04. The number of benzene rings is 1. The maximum absolute atomic E-state index is 13.2. The van der Waals surface area contributed by atoms with E-state index in [-0.39, 0.29) is 55.0 Å². The first kappa shape index (κ1) is 23.7. The maximum atomic E-state index is 13.2. The summed E-state index contributed by atoms with van der Waals surface area (Å²) in [5, 5.41) is 2.85. The summed E-state index contributed by atoms with van der Waals surface area (Å²) in [6.07, 6.45) is 5.85. The summed E-state index contributed by atoms with van der Waals surface area (Å²) in [5.74, 6) is -1.43. The van der Waals surface area contributed by atoms with Crippen LogP contribution < -0.4 is 5.32 Å². The third kappa shape index (κ3) is 5.26. The van der Waals surface area contributed by atoms with Gasteiger partial charge in [-0.2, -0.15) is 0 Å². The van der Waals surface area contributed by atoms with E-state index in [4.69, 9.17) is 0 Å². The van der Waals surface area contributed by atoms with Gasteiger partial charge in [-0.25, -0.2) is 0 Å². The van der Waals surface area contributed by atoms with E-state index in [0.29, 0.717) is 19.4 Å². The Bertz CT molecular complexity index is 867. The molecule has 1 unspecified atom stereocenters. The quantitative estimate of drug-likeness (QED) is 0.473. The number of hydrogen-bond acceptors (Lipinski definition) is 4. The van der Waals surface area contributed by atoms with Crippen molar-refractivity contribution in [3.05, 3.63) is 47.5 Å². The molecule has 0 bridgehead atoms. The van der Waals surface area contributed by atoms with Crippen molar-refractivity contribution < 1.29 is 19.2 Å². The number of amides is 4. The fraction of sp³-hybridized carbons (Fsp3) is 0.520. The average molecular weight is 440 g/mol. The highest BCUT2D eigenvalue weighted by atomic mass is 16.2. The van der Waals surface area contributed by atoms with E-state index >= 15 is 0 Å². The van der Waals surface area contributed by atoms with Gasteiger partial charge in [0.25, 0.3) is 0 Å². The molecule has 172 valence electrons. The predicted octanol–water partition coefficient (Wildman–Crippen LogP) is 2.58. The number of rotatable bonds is 9. The highest BCUT2D eigenvalue weighted by molar-refractivity contribution is 6.05. The zero-order chi connectivity index (χ0) is 23.3. The Balaban J connectivity index is 1.70. The second-order valence-electron chi connectivity index (χ2n) is 8.71. The predicted molar refractivity (Wildman–Crippen MR) is 121 cm³/mol. The van der Waals surface area contributed by atoms with Gasteiger partial charge < -0.3 is 10.2 Å². The molecule has 1 aromatic carbocycles. The maximum Gasteiger partial charge on any atom is 0.242 e. The molecular formula is C25H33N3O4. The Hall–Kier alpha value is -2.96. The largest absolute Gasteiger partial charge is 0.354 e. The highest BCUT2D eigenvalue weighted by Crippen LogP contribution is 2.35. The molecule has 1 aliphatic carbocycles. The lowest BCUT2D eigenvalue weighted by Crippen LogP contribution is -2.48. The molecule has 3 rings (SSSR count). The first-order valence-electron chi connectivity index (χ1n) is 11.5. The molecule has 4 amide bonds. The Labute approximate surface area is 189 Å². The van der Waals surface area contributed by atoms with Crippen molar-refractivity contribution in [2.24, 2.45) is 11.8 Å². The molecule has 2 aliphatic rings. The summed E-state index contributed by atoms with van der Waals surface area (Å²) < 4.78 is 0. The van der Waals surface area contributed by atoms with E-state index in [0.717, 1.165) is 17.5 Å². The lowest BCUT2D eigenvalue weighted by molar-refractivity contribution is -0.143. The number of imide groups is 1. The van der Waals surface area contributed by atoms with E-state index in [9.17, 15) is 19.2 Å². The van der Waals surface area contributed by atoms with Crippen LogP contribution in [0, 0.1) is 18.8 Å². The minimum Gasteiger partial charge on any atom is -0.354 e. The van der Waals surface area contributed by atoms with E-state index in [1.54, 1.807) is 6.92 Å². The topological polar surface area (TPSA) is 86.8 Å². The van der Waals surface area contributed by atoms with Gasteiger partial charge in [-0.1, -0.05) is 48.9 Å². The van der Waals surface area contributed by atoms with Gasteiger partial charge in [0.1, 0.15) is 6.04 Å². The van der Waals surface area contributed by atoms with Gasteiger partial charge >= 0.3 is 0 Å². The number of allylic oxidation sites excluding steroid dienone is 2. The minimum absolute atomic E-state index is 0.00159. The zero-order valence-electron chi connectivity index (χ0n) is 19.2. The molecule has 0 saturated carbocycles. The summed E-state index contributed by atoms with van der Waals surface area (Å²) in [6.45, 7) is 6.56. The Morgan fingerprint density at radius 3 is 2.25 bits per heavy atom. The van der Waals surface area contributed by atoms with Crippen LogP contribution in [-0.2, 0) is 25.7 Å². The molecule has 7 heteroatoms. The summed E-state index contributed by atoms with van der Waals surface area (Å²) in [4.78, 5) is 54.0. The fourth-order valence-corrected chi connectivity index (χ4v) is 4.31. The number of likely N-dealkylation sites (tertiary alicyclic amines) is 1. The van der Waals surface area contributed by atoms with Crippen LogP contribution in [0.1, 0.15) is 50.7 Å². The van der Waals surface area contributed by atoms with Crippen molar-refractivity contribution >= 4 is 23.6 Å². The van der Waals surface area contributed by atoms with E-state index in [1.165, 1.54) is 9.80 Å². The Kier molecular flexibility index (Phi) is 7.83. The number of nitrogens with one attached hydrogen (secondary N) is 1. The molecule has 1 saturated heterocycles. The number of aryl methyl sites for hydroxylation is 1. The van der Waals surface area contributed by atoms with Crippen molar-refractivity contribution in [1.82, 2.24) is 15.1 Å². The van der Waals surface area contributed by atoms with E-state index < -0.39 is 6.04 Å². The number of nitrogens with zero attached hydrogens (tertiary/aromatic N) is 2. The van der Waals surface area contributed by atoms with Gasteiger partial charge in [-0.15, -0.1) is 0 Å². The fourth-order valence-electron chi connectivity index (χ4n) is 4.31. The van der Waals surface area contributed by atoms with E-state index in [1.807, 2.05) is 50.3 Å². The van der Waals surface area contributed by atoms with Gasteiger partial charge in [-0.3, -0.25) is 24.1 Å². The summed E-state index contributed by atoms with van der Waals surface area (Å²) in [7, 11) is 0. The van der Waals surface area contributed by atoms with Gasteiger partial charge in [0, 0.05) is 26.1 Å². The van der Waals surface area contributed by atoms with Crippen molar-refractivity contribution in [2.75, 3.05) is 13.1 Å². The van der Waals surface area contributed by atoms with Crippen LogP contribution in [0.25, 0.3) is 0 Å². The van der Waals surface area contributed by atoms with E-state index in [2.05, 4.69) is 5.32 Å². The first-order valence-corrected chi connectivity index (χ1v) is 11.5. The van der Waals surface area contributed by atoms with Gasteiger partial charge in [0.2, 0.25) is 23.6 Å². The smallest absolute Gasteiger partial charge is 0.242 e. The monoisotopic (exact) mass is 439 g/mol. The summed E-state index contributed by atoms with van der Waals surface area (Å²) in [5.41, 5.74) is 2.03. The molecule has 0 aromatic heterocycles. The third-order valence-electron chi connectivity index (χ3n) is 6.34. The molecule has 1 heterocycles. The number of carbonyl (C=O) groups excluding carboxylic acids is 4. The normalized spacial score (nSPS) is 20.8. The molecular weight excluding hydrogens is 406 g/mol.